The number of nitrogens with zero attached hydrogens (tertiary/aromatic N) is 3. The van der Waals surface area contributed by atoms with Crippen molar-refractivity contribution in [2.45, 2.75) is 88.6 Å². The Bertz CT molecular complexity index is 947. The van der Waals surface area contributed by atoms with Gasteiger partial charge in [-0.3, -0.25) is 10.3 Å². The number of rotatable bonds is 2. The summed E-state index contributed by atoms with van der Waals surface area (Å²) in [5.41, 5.74) is 0.992. The van der Waals surface area contributed by atoms with E-state index in [1.54, 1.807) is 0 Å². The smallest absolute Gasteiger partial charge is 0.107 e. The summed E-state index contributed by atoms with van der Waals surface area (Å²) in [6, 6.07) is 0.275. The zero-order valence-corrected chi connectivity index (χ0v) is 23.2. The van der Waals surface area contributed by atoms with Crippen molar-refractivity contribution in [3.63, 3.8) is 0 Å². The molecule has 1 aliphatic carbocycles. The lowest BCUT2D eigenvalue weighted by atomic mass is 9.71. The number of hydrogen-bond donors (Lipinski definition) is 3. The first-order chi connectivity index (χ1) is 18.4. The van der Waals surface area contributed by atoms with E-state index in [0.717, 1.165) is 64.1 Å². The predicted molar refractivity (Wildman–Crippen MR) is 150 cm³/mol. The summed E-state index contributed by atoms with van der Waals surface area (Å²) < 4.78 is 22.8. The number of hydrogen-bond acceptors (Lipinski definition) is 7. The summed E-state index contributed by atoms with van der Waals surface area (Å²) >= 11 is 0. The first-order valence-electron chi connectivity index (χ1n) is 15.0. The summed E-state index contributed by atoms with van der Waals surface area (Å²) in [6.07, 6.45) is 9.81. The molecule has 0 spiro atoms. The lowest BCUT2D eigenvalue weighted by Crippen LogP contribution is -2.65. The second-order valence-electron chi connectivity index (χ2n) is 12.5. The molecule has 38 heavy (non-hydrogen) atoms. The molecule has 1 saturated carbocycles. The summed E-state index contributed by atoms with van der Waals surface area (Å²) in [7, 11) is 0. The van der Waals surface area contributed by atoms with Crippen molar-refractivity contribution < 1.29 is 9.13 Å². The number of piperidine rings is 2. The molecule has 0 aromatic rings. The van der Waals surface area contributed by atoms with E-state index in [1.807, 2.05) is 6.08 Å². The average molecular weight is 527 g/mol. The monoisotopic (exact) mass is 526 g/mol. The zero-order valence-electron chi connectivity index (χ0n) is 23.2. The molecule has 210 valence electrons. The van der Waals surface area contributed by atoms with Crippen LogP contribution in [0.15, 0.2) is 42.2 Å². The molecule has 4 bridgehead atoms. The fourth-order valence-corrected chi connectivity index (χ4v) is 8.12. The van der Waals surface area contributed by atoms with Gasteiger partial charge in [0.05, 0.1) is 30.3 Å². The van der Waals surface area contributed by atoms with E-state index in [2.05, 4.69) is 65.0 Å². The van der Waals surface area contributed by atoms with Gasteiger partial charge in [-0.1, -0.05) is 33.1 Å². The highest BCUT2D eigenvalue weighted by atomic mass is 19.1. The van der Waals surface area contributed by atoms with Crippen molar-refractivity contribution in [1.82, 2.24) is 25.8 Å². The highest BCUT2D eigenvalue weighted by molar-refractivity contribution is 5.86. The van der Waals surface area contributed by atoms with Gasteiger partial charge in [0.25, 0.3) is 0 Å². The van der Waals surface area contributed by atoms with Crippen LogP contribution in [0, 0.1) is 23.7 Å². The van der Waals surface area contributed by atoms with E-state index < -0.39 is 6.17 Å². The Hall–Kier alpha value is -1.90. The molecular formula is C30H47FN6O. The second-order valence-corrected chi connectivity index (χ2v) is 12.5. The minimum atomic E-state index is -0.825. The third kappa shape index (κ3) is 4.81. The quantitative estimate of drug-likeness (QED) is 0.481. The van der Waals surface area contributed by atoms with E-state index in [4.69, 9.17) is 9.73 Å². The van der Waals surface area contributed by atoms with Crippen LogP contribution in [0.5, 0.6) is 0 Å². The van der Waals surface area contributed by atoms with Crippen LogP contribution in [0.3, 0.4) is 0 Å². The first kappa shape index (κ1) is 26.3. The Balaban J connectivity index is 1.43. The lowest BCUT2D eigenvalue weighted by Gasteiger charge is -2.49. The van der Waals surface area contributed by atoms with Crippen LogP contribution in [0.4, 0.5) is 4.39 Å². The Morgan fingerprint density at radius 1 is 1.13 bits per heavy atom. The van der Waals surface area contributed by atoms with E-state index in [-0.39, 0.29) is 48.3 Å². The Morgan fingerprint density at radius 2 is 1.95 bits per heavy atom. The number of alkyl halides is 1. The van der Waals surface area contributed by atoms with Crippen LogP contribution in [0.2, 0.25) is 0 Å². The molecule has 8 heteroatoms. The van der Waals surface area contributed by atoms with Gasteiger partial charge in [-0.2, -0.15) is 0 Å². The van der Waals surface area contributed by atoms with Gasteiger partial charge in [-0.05, 0) is 62.8 Å². The van der Waals surface area contributed by atoms with E-state index >= 15 is 4.39 Å². The molecule has 4 fully saturated rings. The third-order valence-corrected chi connectivity index (χ3v) is 10.3. The standard InChI is InChI=1S/C30H47FN6O/c1-5-20(4)36-13-15-37(16-14-36)30-21-17-19(3)26-25-22(31)7-6-8-23(25)38-24-10-12-32-27(28(24)35-30)18(2)9-11-33-29(21)34-26/h5,9,11,18-19,21-29,32-34H,1,4,6-8,10,12-17H2,2-3H3/b11-9-,35-30?. The zero-order chi connectivity index (χ0) is 26.4. The summed E-state index contributed by atoms with van der Waals surface area (Å²) in [6.45, 7) is 17.2. The number of halogens is 1. The largest absolute Gasteiger partial charge is 0.375 e. The minimum absolute atomic E-state index is 0.00498. The maximum absolute atomic E-state index is 15.8. The highest BCUT2D eigenvalue weighted by Crippen LogP contribution is 2.42. The molecule has 6 heterocycles. The van der Waals surface area contributed by atoms with Gasteiger partial charge in [0, 0.05) is 49.9 Å². The molecule has 3 saturated heterocycles. The minimum Gasteiger partial charge on any atom is -0.375 e. The normalized spacial score (nSPS) is 45.9. The third-order valence-electron chi connectivity index (χ3n) is 10.3. The van der Waals surface area contributed by atoms with Gasteiger partial charge in [0.1, 0.15) is 12.0 Å². The van der Waals surface area contributed by atoms with E-state index in [0.29, 0.717) is 18.3 Å². The number of amidine groups is 1. The van der Waals surface area contributed by atoms with Gasteiger partial charge in [-0.25, -0.2) is 4.39 Å². The number of allylic oxidation sites excluding steroid dienone is 1. The summed E-state index contributed by atoms with van der Waals surface area (Å²) in [5, 5.41) is 11.5. The first-order valence-corrected chi connectivity index (χ1v) is 15.0. The SMILES string of the molecule is C=CC(=C)N1CCN(C2=NC3C4CCNC3C(C)/C=C\NC3NC(C(C)CC23)C2C(F)CCCC2O4)CC1. The Kier molecular flexibility index (Phi) is 7.58. The van der Waals surface area contributed by atoms with Crippen molar-refractivity contribution in [2.24, 2.45) is 28.7 Å². The van der Waals surface area contributed by atoms with Crippen LogP contribution in [-0.4, -0.2) is 91.0 Å². The van der Waals surface area contributed by atoms with E-state index in [1.165, 1.54) is 5.84 Å². The maximum atomic E-state index is 15.8. The maximum Gasteiger partial charge on any atom is 0.107 e. The average Bonchev–Trinajstić information content (AvgIpc) is 2.95. The second kappa shape index (κ2) is 10.9. The van der Waals surface area contributed by atoms with Gasteiger partial charge in [0.2, 0.25) is 0 Å². The molecule has 7 rings (SSSR count). The van der Waals surface area contributed by atoms with Crippen molar-refractivity contribution >= 4 is 5.84 Å². The van der Waals surface area contributed by atoms with Crippen LogP contribution in [-0.2, 0) is 4.74 Å². The van der Waals surface area contributed by atoms with Crippen molar-refractivity contribution in [3.8, 4) is 0 Å². The molecule has 3 N–H and O–H groups in total. The summed E-state index contributed by atoms with van der Waals surface area (Å²) in [5.74, 6) is 1.91. The van der Waals surface area contributed by atoms with Crippen LogP contribution in [0.1, 0.15) is 46.0 Å². The fraction of sp³-hybridized carbons (Fsp3) is 0.767. The number of nitrogens with one attached hydrogen (secondary N) is 3. The topological polar surface area (TPSA) is 64.2 Å². The molecule has 7 aliphatic rings. The molecule has 0 amide bonds. The molecule has 7 nitrogen and oxygen atoms in total. The van der Waals surface area contributed by atoms with Crippen LogP contribution >= 0.6 is 0 Å². The van der Waals surface area contributed by atoms with Gasteiger partial charge >= 0.3 is 0 Å². The number of aliphatic imine (C=N–C) groups is 1. The van der Waals surface area contributed by atoms with Crippen LogP contribution in [0.25, 0.3) is 0 Å². The van der Waals surface area contributed by atoms with Crippen molar-refractivity contribution in [3.05, 3.63) is 37.2 Å². The molecule has 0 aromatic carbocycles. The predicted octanol–water partition coefficient (Wildman–Crippen LogP) is 3.03. The summed E-state index contributed by atoms with van der Waals surface area (Å²) in [4.78, 5) is 10.5. The molecular weight excluding hydrogens is 479 g/mol. The molecule has 0 radical (unpaired) electrons. The fourth-order valence-electron chi connectivity index (χ4n) is 8.12. The molecule has 0 aromatic heterocycles. The van der Waals surface area contributed by atoms with E-state index in [9.17, 15) is 0 Å². The Morgan fingerprint density at radius 3 is 2.74 bits per heavy atom. The van der Waals surface area contributed by atoms with Crippen molar-refractivity contribution in [1.29, 1.82) is 0 Å². The molecule has 6 aliphatic heterocycles. The van der Waals surface area contributed by atoms with Gasteiger partial charge in [0.15, 0.2) is 0 Å². The Labute approximate surface area is 228 Å². The van der Waals surface area contributed by atoms with Crippen molar-refractivity contribution in [2.75, 3.05) is 32.7 Å². The van der Waals surface area contributed by atoms with Gasteiger partial charge < -0.3 is 25.2 Å². The molecule has 11 atom stereocenters. The van der Waals surface area contributed by atoms with Gasteiger partial charge in [-0.15, -0.1) is 0 Å². The number of fused-ring (bicyclic) bond motifs is 1. The van der Waals surface area contributed by atoms with Crippen LogP contribution < -0.4 is 16.0 Å². The number of piperazine rings is 1. The number of ether oxygens (including phenoxy) is 1. The highest BCUT2D eigenvalue weighted by Gasteiger charge is 2.50. The molecule has 11 unspecified atom stereocenters. The lowest BCUT2D eigenvalue weighted by molar-refractivity contribution is -0.115.